The molecule has 5 nitrogen and oxygen atoms in total. The number of unbranched alkanes of at least 4 members (excludes halogenated alkanes) is 9. The van der Waals surface area contributed by atoms with E-state index in [9.17, 15) is 14.7 Å². The molecule has 0 bridgehead atoms. The second kappa shape index (κ2) is 36.5. The van der Waals surface area contributed by atoms with E-state index in [0.717, 1.165) is 89.9 Å². The molecule has 0 heterocycles. The molecule has 0 saturated carbocycles. The maximum absolute atomic E-state index is 12.1. The highest BCUT2D eigenvalue weighted by Gasteiger charge is 2.16. The minimum Gasteiger partial charge on any atom is -0.462 e. The molecule has 260 valence electrons. The Morgan fingerprint density at radius 1 is 0.522 bits per heavy atom. The van der Waals surface area contributed by atoms with Crippen molar-refractivity contribution >= 4 is 11.9 Å². The lowest BCUT2D eigenvalue weighted by Gasteiger charge is -2.15. The van der Waals surface area contributed by atoms with Gasteiger partial charge in [0.15, 0.2) is 6.10 Å². The van der Waals surface area contributed by atoms with Crippen molar-refractivity contribution in [3.8, 4) is 0 Å². The Morgan fingerprint density at radius 2 is 0.935 bits per heavy atom. The predicted molar refractivity (Wildman–Crippen MR) is 196 cm³/mol. The van der Waals surface area contributed by atoms with Crippen molar-refractivity contribution in [3.05, 3.63) is 85.1 Å². The van der Waals surface area contributed by atoms with Gasteiger partial charge in [0.25, 0.3) is 0 Å². The van der Waals surface area contributed by atoms with E-state index in [-0.39, 0.29) is 25.2 Å². The summed E-state index contributed by atoms with van der Waals surface area (Å²) in [5.41, 5.74) is 0. The summed E-state index contributed by atoms with van der Waals surface area (Å²) in [6, 6.07) is 0. The van der Waals surface area contributed by atoms with Crippen LogP contribution in [0.15, 0.2) is 85.1 Å². The number of carbonyl (C=O) groups is 2. The fraction of sp³-hybridized carbons (Fsp3) is 0.610. The zero-order valence-electron chi connectivity index (χ0n) is 29.3. The number of hydrogen-bond acceptors (Lipinski definition) is 5. The maximum atomic E-state index is 12.1. The molecule has 0 unspecified atom stereocenters. The molecule has 0 aromatic rings. The van der Waals surface area contributed by atoms with Gasteiger partial charge in [-0.1, -0.05) is 125 Å². The van der Waals surface area contributed by atoms with E-state index < -0.39 is 6.10 Å². The van der Waals surface area contributed by atoms with Gasteiger partial charge in [-0.25, -0.2) is 0 Å². The van der Waals surface area contributed by atoms with Crippen molar-refractivity contribution in [1.82, 2.24) is 0 Å². The Bertz CT molecular complexity index is 906. The molecule has 0 aliphatic carbocycles. The van der Waals surface area contributed by atoms with Gasteiger partial charge in [-0.15, -0.1) is 0 Å². The molecule has 0 aliphatic heterocycles. The standard InChI is InChI=1S/C41H66O5/c1-3-5-7-9-11-13-15-17-19-20-22-24-26-28-30-32-34-36-41(44)46-39(37-42)38-45-40(43)35-33-31-29-27-25-23-21-18-16-14-12-10-8-6-4-2/h5,7,11-14,17-19,21-22,24-25,27,39,42H,3-4,6,8-10,15-16,20,23,26,28-38H2,1-2H3/b7-5-,13-11-,14-12-,19-17-,21-18-,24-22-,27-25-/t39-/m0/s1. The number of ether oxygens (including phenoxy) is 2. The summed E-state index contributed by atoms with van der Waals surface area (Å²) >= 11 is 0. The minimum absolute atomic E-state index is 0.101. The smallest absolute Gasteiger partial charge is 0.306 e. The normalized spacial score (nSPS) is 13.2. The van der Waals surface area contributed by atoms with Gasteiger partial charge in [0.2, 0.25) is 0 Å². The van der Waals surface area contributed by atoms with E-state index >= 15 is 0 Å². The first-order valence-electron chi connectivity index (χ1n) is 18.1. The molecule has 0 aliphatic rings. The topological polar surface area (TPSA) is 72.8 Å². The molecule has 1 N–H and O–H groups in total. The Hall–Kier alpha value is -2.92. The van der Waals surface area contributed by atoms with E-state index in [0.29, 0.717) is 12.8 Å². The molecule has 0 spiro atoms. The summed E-state index contributed by atoms with van der Waals surface area (Å²) in [5, 5.41) is 9.53. The van der Waals surface area contributed by atoms with Crippen LogP contribution >= 0.6 is 0 Å². The molecule has 0 radical (unpaired) electrons. The fourth-order valence-electron chi connectivity index (χ4n) is 4.43. The first-order valence-corrected chi connectivity index (χ1v) is 18.1. The minimum atomic E-state index is -0.804. The van der Waals surface area contributed by atoms with Crippen LogP contribution in [0.4, 0.5) is 0 Å². The number of allylic oxidation sites excluding steroid dienone is 14. The molecule has 0 aromatic heterocycles. The molecule has 0 amide bonds. The lowest BCUT2D eigenvalue weighted by Crippen LogP contribution is -2.28. The van der Waals surface area contributed by atoms with Crippen molar-refractivity contribution in [3.63, 3.8) is 0 Å². The van der Waals surface area contributed by atoms with Gasteiger partial charge in [0.1, 0.15) is 6.61 Å². The van der Waals surface area contributed by atoms with Crippen molar-refractivity contribution in [2.45, 2.75) is 148 Å². The van der Waals surface area contributed by atoms with E-state index in [4.69, 9.17) is 9.47 Å². The molecule has 0 aromatic carbocycles. The Balaban J connectivity index is 3.73. The summed E-state index contributed by atoms with van der Waals surface area (Å²) in [5.74, 6) is -0.674. The van der Waals surface area contributed by atoms with Crippen LogP contribution in [0.25, 0.3) is 0 Å². The van der Waals surface area contributed by atoms with Crippen molar-refractivity contribution in [2.75, 3.05) is 13.2 Å². The number of carbonyl (C=O) groups excluding carboxylic acids is 2. The second-order valence-electron chi connectivity index (χ2n) is 11.6. The van der Waals surface area contributed by atoms with Crippen molar-refractivity contribution < 1.29 is 24.2 Å². The third kappa shape index (κ3) is 34.0. The van der Waals surface area contributed by atoms with Gasteiger partial charge in [-0.3, -0.25) is 9.59 Å². The number of aliphatic hydroxyl groups excluding tert-OH is 1. The summed E-state index contributed by atoms with van der Waals surface area (Å²) in [6.45, 7) is 3.91. The van der Waals surface area contributed by atoms with E-state index in [1.807, 2.05) is 0 Å². The number of esters is 2. The molecule has 0 rings (SSSR count). The largest absolute Gasteiger partial charge is 0.462 e. The summed E-state index contributed by atoms with van der Waals surface area (Å²) in [4.78, 5) is 24.2. The van der Waals surface area contributed by atoms with Gasteiger partial charge in [-0.2, -0.15) is 0 Å². The van der Waals surface area contributed by atoms with Crippen LogP contribution in [0.3, 0.4) is 0 Å². The van der Waals surface area contributed by atoms with Gasteiger partial charge in [-0.05, 0) is 89.9 Å². The Kier molecular flexibility index (Phi) is 34.2. The molecule has 0 fully saturated rings. The predicted octanol–water partition coefficient (Wildman–Crippen LogP) is 11.2. The first kappa shape index (κ1) is 43.1. The summed E-state index contributed by atoms with van der Waals surface area (Å²) in [6.07, 6.45) is 49.2. The SMILES string of the molecule is CC/C=C\C/C=C\C/C=C\C/C=C\CCCCCCC(=O)O[C@@H](CO)COC(=O)CCCC/C=C\C/C=C\C/C=C\CCCCC. The highest BCUT2D eigenvalue weighted by Crippen LogP contribution is 2.09. The molecule has 5 heteroatoms. The van der Waals surface area contributed by atoms with E-state index in [2.05, 4.69) is 98.9 Å². The summed E-state index contributed by atoms with van der Waals surface area (Å²) < 4.78 is 10.5. The van der Waals surface area contributed by atoms with Crippen LogP contribution in [0, 0.1) is 0 Å². The van der Waals surface area contributed by atoms with E-state index in [1.54, 1.807) is 0 Å². The molecule has 0 saturated heterocycles. The second-order valence-corrected chi connectivity index (χ2v) is 11.6. The average Bonchev–Trinajstić information content (AvgIpc) is 3.06. The average molecular weight is 639 g/mol. The Labute approximate surface area is 282 Å². The first-order chi connectivity index (χ1) is 22.6. The highest BCUT2D eigenvalue weighted by atomic mass is 16.6. The van der Waals surface area contributed by atoms with Crippen LogP contribution in [-0.4, -0.2) is 36.4 Å². The van der Waals surface area contributed by atoms with Crippen LogP contribution < -0.4 is 0 Å². The highest BCUT2D eigenvalue weighted by molar-refractivity contribution is 5.70. The van der Waals surface area contributed by atoms with Gasteiger partial charge in [0, 0.05) is 12.8 Å². The third-order valence-electron chi connectivity index (χ3n) is 7.17. The zero-order chi connectivity index (χ0) is 33.6. The van der Waals surface area contributed by atoms with Crippen LogP contribution in [0.1, 0.15) is 142 Å². The zero-order valence-corrected chi connectivity index (χ0v) is 29.3. The Morgan fingerprint density at radius 3 is 1.43 bits per heavy atom. The van der Waals surface area contributed by atoms with Crippen molar-refractivity contribution in [1.29, 1.82) is 0 Å². The molecule has 46 heavy (non-hydrogen) atoms. The monoisotopic (exact) mass is 638 g/mol. The quantitative estimate of drug-likeness (QED) is 0.0465. The van der Waals surface area contributed by atoms with Crippen LogP contribution in [0.5, 0.6) is 0 Å². The van der Waals surface area contributed by atoms with E-state index in [1.165, 1.54) is 25.7 Å². The van der Waals surface area contributed by atoms with Gasteiger partial charge < -0.3 is 14.6 Å². The molecular formula is C41H66O5. The fourth-order valence-corrected chi connectivity index (χ4v) is 4.43. The lowest BCUT2D eigenvalue weighted by molar-refractivity contribution is -0.161. The maximum Gasteiger partial charge on any atom is 0.306 e. The molecular weight excluding hydrogens is 572 g/mol. The number of rotatable bonds is 31. The number of aliphatic hydroxyl groups is 1. The molecule has 1 atom stereocenters. The third-order valence-corrected chi connectivity index (χ3v) is 7.17. The van der Waals surface area contributed by atoms with Crippen LogP contribution in [-0.2, 0) is 19.1 Å². The summed E-state index contributed by atoms with van der Waals surface area (Å²) in [7, 11) is 0. The van der Waals surface area contributed by atoms with Gasteiger partial charge >= 0.3 is 11.9 Å². The number of hydrogen-bond donors (Lipinski definition) is 1. The van der Waals surface area contributed by atoms with Crippen molar-refractivity contribution in [2.24, 2.45) is 0 Å². The lowest BCUT2D eigenvalue weighted by atomic mass is 10.1. The van der Waals surface area contributed by atoms with Gasteiger partial charge in [0.05, 0.1) is 6.61 Å². The van der Waals surface area contributed by atoms with Crippen LogP contribution in [0.2, 0.25) is 0 Å².